The molecular formula is C19H19NO3. The van der Waals surface area contributed by atoms with Crippen molar-refractivity contribution in [2.75, 3.05) is 11.5 Å². The monoisotopic (exact) mass is 309 g/mol. The minimum atomic E-state index is -0.157. The standard InChI is InChI=1S/C19H19NO3/c1-2-23-15-6-4-3-5-14(15)20-18(21)16-10-7-8-11(13-9-12(10)13)17(16)19(20)22/h3-8,10-13,16-17H,2,9H2,1H3/t10-,11-,12-,13-,16+,17+/m1/s1. The molecule has 6 rings (SSSR count). The SMILES string of the molecule is CCOc1ccccc1N1C(=O)[C@H]2[C@@H]3C=C[C@H]([C@H]4C[C@H]34)[C@@H]2C1=O. The Bertz CT molecular complexity index is 704. The molecule has 1 aliphatic heterocycles. The summed E-state index contributed by atoms with van der Waals surface area (Å²) in [7, 11) is 0. The summed E-state index contributed by atoms with van der Waals surface area (Å²) in [5.74, 6) is 2.02. The number of allylic oxidation sites excluding steroid dienone is 2. The van der Waals surface area contributed by atoms with Crippen LogP contribution in [0.15, 0.2) is 36.4 Å². The summed E-state index contributed by atoms with van der Waals surface area (Å²) in [4.78, 5) is 27.6. The normalized spacial score (nSPS) is 39.4. The average molecular weight is 309 g/mol. The van der Waals surface area contributed by atoms with Crippen molar-refractivity contribution in [2.24, 2.45) is 35.5 Å². The molecule has 2 bridgehead atoms. The van der Waals surface area contributed by atoms with Crippen LogP contribution in [0.2, 0.25) is 0 Å². The lowest BCUT2D eigenvalue weighted by Crippen LogP contribution is -2.40. The lowest BCUT2D eigenvalue weighted by Gasteiger charge is -2.37. The van der Waals surface area contributed by atoms with E-state index in [2.05, 4.69) is 12.2 Å². The molecule has 1 aromatic carbocycles. The van der Waals surface area contributed by atoms with Gasteiger partial charge in [-0.05, 0) is 49.1 Å². The van der Waals surface area contributed by atoms with Gasteiger partial charge >= 0.3 is 0 Å². The Morgan fingerprint density at radius 1 is 1.04 bits per heavy atom. The summed E-state index contributed by atoms with van der Waals surface area (Å²) in [6, 6.07) is 7.36. The molecule has 0 unspecified atom stereocenters. The minimum Gasteiger partial charge on any atom is -0.492 e. The number of anilines is 1. The van der Waals surface area contributed by atoms with Gasteiger partial charge in [0.05, 0.1) is 24.1 Å². The predicted molar refractivity (Wildman–Crippen MR) is 84.8 cm³/mol. The van der Waals surface area contributed by atoms with Gasteiger partial charge < -0.3 is 4.74 Å². The molecule has 4 nitrogen and oxygen atoms in total. The first-order chi connectivity index (χ1) is 11.2. The highest BCUT2D eigenvalue weighted by molar-refractivity contribution is 6.23. The highest BCUT2D eigenvalue weighted by Crippen LogP contribution is 2.65. The fourth-order valence-corrected chi connectivity index (χ4v) is 5.11. The van der Waals surface area contributed by atoms with Gasteiger partial charge in [0.15, 0.2) is 0 Å². The van der Waals surface area contributed by atoms with Gasteiger partial charge in [-0.2, -0.15) is 0 Å². The van der Waals surface area contributed by atoms with Crippen molar-refractivity contribution in [3.63, 3.8) is 0 Å². The Hall–Kier alpha value is -2.10. The van der Waals surface area contributed by atoms with Crippen LogP contribution >= 0.6 is 0 Å². The summed E-state index contributed by atoms with van der Waals surface area (Å²) < 4.78 is 5.64. The van der Waals surface area contributed by atoms with E-state index < -0.39 is 0 Å². The van der Waals surface area contributed by atoms with Crippen LogP contribution < -0.4 is 9.64 Å². The fraction of sp³-hybridized carbons (Fsp3) is 0.474. The molecule has 3 fully saturated rings. The van der Waals surface area contributed by atoms with Gasteiger partial charge in [0.1, 0.15) is 5.75 Å². The van der Waals surface area contributed by atoms with E-state index in [0.717, 1.165) is 0 Å². The quantitative estimate of drug-likeness (QED) is 0.637. The van der Waals surface area contributed by atoms with E-state index in [-0.39, 0.29) is 35.5 Å². The van der Waals surface area contributed by atoms with Crippen molar-refractivity contribution >= 4 is 17.5 Å². The topological polar surface area (TPSA) is 46.6 Å². The average Bonchev–Trinajstić information content (AvgIpc) is 3.34. The fourth-order valence-electron chi connectivity index (χ4n) is 5.11. The largest absolute Gasteiger partial charge is 0.492 e. The number of carbonyl (C=O) groups is 2. The third kappa shape index (κ3) is 1.61. The second-order valence-corrected chi connectivity index (χ2v) is 7.07. The summed E-state index contributed by atoms with van der Waals surface area (Å²) >= 11 is 0. The van der Waals surface area contributed by atoms with Gasteiger partial charge in [-0.15, -0.1) is 0 Å². The molecule has 0 radical (unpaired) electrons. The van der Waals surface area contributed by atoms with E-state index in [4.69, 9.17) is 4.74 Å². The first-order valence-electron chi connectivity index (χ1n) is 8.50. The molecule has 1 aromatic rings. The molecule has 2 saturated carbocycles. The summed E-state index contributed by atoms with van der Waals surface area (Å²) in [5, 5.41) is 0. The van der Waals surface area contributed by atoms with Crippen LogP contribution in [0.1, 0.15) is 13.3 Å². The van der Waals surface area contributed by atoms with Crippen LogP contribution in [0.4, 0.5) is 5.69 Å². The molecule has 2 amide bonds. The number of nitrogens with zero attached hydrogens (tertiary/aromatic N) is 1. The molecule has 4 heteroatoms. The van der Waals surface area contributed by atoms with Crippen LogP contribution in [-0.4, -0.2) is 18.4 Å². The molecule has 118 valence electrons. The number of rotatable bonds is 3. The van der Waals surface area contributed by atoms with E-state index in [0.29, 0.717) is 29.9 Å². The molecule has 1 heterocycles. The van der Waals surface area contributed by atoms with E-state index in [9.17, 15) is 9.59 Å². The van der Waals surface area contributed by atoms with E-state index in [1.165, 1.54) is 11.3 Å². The summed E-state index contributed by atoms with van der Waals surface area (Å²) in [6.07, 6.45) is 5.58. The Morgan fingerprint density at radius 3 is 2.26 bits per heavy atom. The Kier molecular flexibility index (Phi) is 2.59. The maximum absolute atomic E-state index is 13.1. The first-order valence-corrected chi connectivity index (χ1v) is 8.50. The van der Waals surface area contributed by atoms with Crippen LogP contribution in [0, 0.1) is 35.5 Å². The molecular weight excluding hydrogens is 290 g/mol. The zero-order valence-corrected chi connectivity index (χ0v) is 13.0. The second kappa shape index (κ2) is 4.47. The first kappa shape index (κ1) is 13.3. The van der Waals surface area contributed by atoms with Gasteiger partial charge in [-0.25, -0.2) is 4.90 Å². The van der Waals surface area contributed by atoms with Crippen molar-refractivity contribution in [1.82, 2.24) is 0 Å². The number of hydrogen-bond donors (Lipinski definition) is 0. The predicted octanol–water partition coefficient (Wildman–Crippen LogP) is 2.64. The molecule has 5 aliphatic rings. The van der Waals surface area contributed by atoms with Crippen molar-refractivity contribution in [1.29, 1.82) is 0 Å². The second-order valence-electron chi connectivity index (χ2n) is 7.07. The number of amides is 2. The third-order valence-electron chi connectivity index (χ3n) is 6.07. The van der Waals surface area contributed by atoms with Crippen molar-refractivity contribution < 1.29 is 14.3 Å². The zero-order valence-electron chi connectivity index (χ0n) is 13.0. The highest BCUT2D eigenvalue weighted by atomic mass is 16.5. The number of para-hydroxylation sites is 2. The number of benzene rings is 1. The van der Waals surface area contributed by atoms with Crippen molar-refractivity contribution in [3.05, 3.63) is 36.4 Å². The van der Waals surface area contributed by atoms with E-state index >= 15 is 0 Å². The highest BCUT2D eigenvalue weighted by Gasteiger charge is 2.67. The number of ether oxygens (including phenoxy) is 1. The molecule has 0 spiro atoms. The summed E-state index contributed by atoms with van der Waals surface area (Å²) in [6.45, 7) is 2.42. The Morgan fingerprint density at radius 2 is 1.65 bits per heavy atom. The van der Waals surface area contributed by atoms with E-state index in [1.54, 1.807) is 0 Å². The lowest BCUT2D eigenvalue weighted by atomic mass is 9.63. The van der Waals surface area contributed by atoms with Crippen molar-refractivity contribution in [3.8, 4) is 5.75 Å². The Labute approximate surface area is 135 Å². The molecule has 4 aliphatic carbocycles. The molecule has 23 heavy (non-hydrogen) atoms. The molecule has 6 atom stereocenters. The van der Waals surface area contributed by atoms with Gasteiger partial charge in [0, 0.05) is 0 Å². The minimum absolute atomic E-state index is 0.0307. The van der Waals surface area contributed by atoms with Gasteiger partial charge in [-0.1, -0.05) is 24.3 Å². The van der Waals surface area contributed by atoms with Crippen molar-refractivity contribution in [2.45, 2.75) is 13.3 Å². The number of imide groups is 1. The van der Waals surface area contributed by atoms with Gasteiger partial charge in [0.25, 0.3) is 0 Å². The third-order valence-corrected chi connectivity index (χ3v) is 6.07. The van der Waals surface area contributed by atoms with Gasteiger partial charge in [-0.3, -0.25) is 9.59 Å². The maximum atomic E-state index is 13.1. The van der Waals surface area contributed by atoms with E-state index in [1.807, 2.05) is 31.2 Å². The van der Waals surface area contributed by atoms with Crippen LogP contribution in [0.5, 0.6) is 5.75 Å². The lowest BCUT2D eigenvalue weighted by molar-refractivity contribution is -0.124. The van der Waals surface area contributed by atoms with Gasteiger partial charge in [0.2, 0.25) is 11.8 Å². The summed E-state index contributed by atoms with van der Waals surface area (Å²) in [5.41, 5.74) is 0.604. The maximum Gasteiger partial charge on any atom is 0.238 e. The Balaban J connectivity index is 1.57. The molecule has 1 saturated heterocycles. The molecule has 0 aromatic heterocycles. The smallest absolute Gasteiger partial charge is 0.238 e. The van der Waals surface area contributed by atoms with Crippen LogP contribution in [0.25, 0.3) is 0 Å². The van der Waals surface area contributed by atoms with Crippen LogP contribution in [-0.2, 0) is 9.59 Å². The number of carbonyl (C=O) groups excluding carboxylic acids is 2. The number of hydrogen-bond acceptors (Lipinski definition) is 3. The van der Waals surface area contributed by atoms with Crippen LogP contribution in [0.3, 0.4) is 0 Å². The molecule has 0 N–H and O–H groups in total. The zero-order chi connectivity index (χ0) is 15.7.